The fourth-order valence-corrected chi connectivity index (χ4v) is 3.41. The molecule has 0 unspecified atom stereocenters. The zero-order valence-electron chi connectivity index (χ0n) is 18.6. The summed E-state index contributed by atoms with van der Waals surface area (Å²) >= 11 is 0. The third kappa shape index (κ3) is 8.84. The first-order chi connectivity index (χ1) is 15.5. The summed E-state index contributed by atoms with van der Waals surface area (Å²) in [6.07, 6.45) is 0. The molecule has 2 aromatic carbocycles. The normalized spacial score (nSPS) is 16.2. The lowest BCUT2D eigenvalue weighted by Gasteiger charge is -2.33. The molecule has 174 valence electrons. The molecule has 0 saturated carbocycles. The van der Waals surface area contributed by atoms with Crippen LogP contribution in [0.3, 0.4) is 0 Å². The van der Waals surface area contributed by atoms with Crippen LogP contribution in [-0.2, 0) is 16.1 Å². The van der Waals surface area contributed by atoms with E-state index < -0.39 is 5.60 Å². The van der Waals surface area contributed by atoms with Crippen LogP contribution in [0.4, 0.5) is 10.5 Å². The lowest BCUT2D eigenvalue weighted by Crippen LogP contribution is -2.51. The zero-order chi connectivity index (χ0) is 22.7. The van der Waals surface area contributed by atoms with E-state index in [1.165, 1.54) is 0 Å². The van der Waals surface area contributed by atoms with Crippen molar-refractivity contribution in [2.24, 2.45) is 0 Å². The van der Waals surface area contributed by atoms with Crippen LogP contribution in [0.1, 0.15) is 12.5 Å². The summed E-state index contributed by atoms with van der Waals surface area (Å²) < 4.78 is 16.6. The Morgan fingerprint density at radius 1 is 1.12 bits per heavy atom. The zero-order valence-corrected chi connectivity index (χ0v) is 18.6. The molecule has 0 aromatic heterocycles. The first-order valence-corrected chi connectivity index (χ1v) is 10.9. The second-order valence-corrected chi connectivity index (χ2v) is 8.11. The van der Waals surface area contributed by atoms with Crippen LogP contribution in [0.15, 0.2) is 54.6 Å². The van der Waals surface area contributed by atoms with Crippen LogP contribution in [0, 0.1) is 0 Å². The minimum Gasteiger partial charge on any atom is -0.491 e. The molecule has 1 heterocycles. The molecular weight excluding hydrogens is 410 g/mol. The Bertz CT molecular complexity index is 825. The van der Waals surface area contributed by atoms with Gasteiger partial charge in [-0.1, -0.05) is 30.3 Å². The van der Waals surface area contributed by atoms with E-state index in [0.717, 1.165) is 24.4 Å². The number of hydrogen-bond donors (Lipinski definition) is 3. The summed E-state index contributed by atoms with van der Waals surface area (Å²) in [5.41, 5.74) is 0.588. The highest BCUT2D eigenvalue weighted by Crippen LogP contribution is 2.13. The van der Waals surface area contributed by atoms with Crippen LogP contribution in [0.5, 0.6) is 5.75 Å². The molecule has 1 aliphatic heterocycles. The fraction of sp³-hybridized carbons (Fsp3) is 0.458. The molecular formula is C24H33N3O5. The largest absolute Gasteiger partial charge is 0.491 e. The molecule has 8 heteroatoms. The number of hydrogen-bond acceptors (Lipinski definition) is 6. The van der Waals surface area contributed by atoms with Gasteiger partial charge in [0.25, 0.3) is 0 Å². The Morgan fingerprint density at radius 3 is 2.69 bits per heavy atom. The number of carbonyl (C=O) groups is 1. The molecule has 0 bridgehead atoms. The number of anilines is 1. The number of nitrogens with one attached hydrogen (secondary N) is 2. The van der Waals surface area contributed by atoms with E-state index in [9.17, 15) is 9.90 Å². The smallest absolute Gasteiger partial charge is 0.319 e. The topological polar surface area (TPSA) is 92.3 Å². The third-order valence-corrected chi connectivity index (χ3v) is 4.99. The molecule has 1 saturated heterocycles. The fourth-order valence-electron chi connectivity index (χ4n) is 3.41. The summed E-state index contributed by atoms with van der Waals surface area (Å²) in [4.78, 5) is 14.4. The molecule has 0 radical (unpaired) electrons. The molecule has 3 rings (SSSR count). The van der Waals surface area contributed by atoms with E-state index >= 15 is 0 Å². The van der Waals surface area contributed by atoms with Crippen molar-refractivity contribution < 1.29 is 24.1 Å². The number of aliphatic hydroxyl groups is 1. The van der Waals surface area contributed by atoms with Gasteiger partial charge in [0, 0.05) is 31.9 Å². The summed E-state index contributed by atoms with van der Waals surface area (Å²) in [6, 6.07) is 16.7. The highest BCUT2D eigenvalue weighted by molar-refractivity contribution is 5.89. The Labute approximate surface area is 189 Å². The van der Waals surface area contributed by atoms with Crippen molar-refractivity contribution in [1.29, 1.82) is 0 Å². The van der Waals surface area contributed by atoms with Crippen molar-refractivity contribution in [3.8, 4) is 5.75 Å². The molecule has 1 aliphatic rings. The van der Waals surface area contributed by atoms with E-state index in [2.05, 4.69) is 15.5 Å². The summed E-state index contributed by atoms with van der Waals surface area (Å²) in [7, 11) is 0. The second-order valence-electron chi connectivity index (χ2n) is 8.11. The van der Waals surface area contributed by atoms with Gasteiger partial charge < -0.3 is 30.0 Å². The van der Waals surface area contributed by atoms with Crippen molar-refractivity contribution >= 4 is 11.7 Å². The molecule has 0 aliphatic carbocycles. The molecule has 0 spiro atoms. The minimum absolute atomic E-state index is 0.153. The van der Waals surface area contributed by atoms with Gasteiger partial charge in [-0.05, 0) is 36.8 Å². The summed E-state index contributed by atoms with van der Waals surface area (Å²) in [6.45, 7) is 6.63. The minimum atomic E-state index is -1.02. The maximum atomic E-state index is 12.3. The third-order valence-electron chi connectivity index (χ3n) is 4.99. The first kappa shape index (κ1) is 24.0. The maximum absolute atomic E-state index is 12.3. The average Bonchev–Trinajstić information content (AvgIpc) is 2.79. The standard InChI is InChI=1S/C24H33N3O5/c1-24(29,19-27-10-12-30-13-11-27)18-25-23(28)26-21-7-5-6-20(16-21)17-31-14-15-32-22-8-3-2-4-9-22/h2-9,16,29H,10-15,17-19H2,1H3,(H2,25,26,28)/t24-/m0/s1. The molecule has 2 amide bonds. The van der Waals surface area contributed by atoms with Gasteiger partial charge in [-0.2, -0.15) is 0 Å². The van der Waals surface area contributed by atoms with E-state index in [1.54, 1.807) is 6.92 Å². The number of carbonyl (C=O) groups excluding carboxylic acids is 1. The number of morpholine rings is 1. The number of para-hydroxylation sites is 1. The Kier molecular flexibility index (Phi) is 9.30. The van der Waals surface area contributed by atoms with Gasteiger partial charge in [0.1, 0.15) is 12.4 Å². The van der Waals surface area contributed by atoms with Gasteiger partial charge >= 0.3 is 6.03 Å². The predicted molar refractivity (Wildman–Crippen MR) is 123 cm³/mol. The Balaban J connectivity index is 1.35. The molecule has 32 heavy (non-hydrogen) atoms. The first-order valence-electron chi connectivity index (χ1n) is 10.9. The van der Waals surface area contributed by atoms with Crippen LogP contribution in [-0.4, -0.2) is 74.2 Å². The number of ether oxygens (including phenoxy) is 3. The predicted octanol–water partition coefficient (Wildman–Crippen LogP) is 2.49. The quantitative estimate of drug-likeness (QED) is 0.462. The number of amides is 2. The van der Waals surface area contributed by atoms with E-state index in [-0.39, 0.29) is 12.6 Å². The summed E-state index contributed by atoms with van der Waals surface area (Å²) in [5, 5.41) is 16.1. The van der Waals surface area contributed by atoms with Gasteiger partial charge in [-0.3, -0.25) is 4.90 Å². The SMILES string of the molecule is C[C@](O)(CNC(=O)Nc1cccc(COCCOc2ccccc2)c1)CN1CCOCC1. The molecule has 2 aromatic rings. The average molecular weight is 444 g/mol. The van der Waals surface area contributed by atoms with Crippen LogP contribution in [0.2, 0.25) is 0 Å². The number of rotatable bonds is 11. The highest BCUT2D eigenvalue weighted by atomic mass is 16.5. The monoisotopic (exact) mass is 443 g/mol. The van der Waals surface area contributed by atoms with Crippen LogP contribution in [0.25, 0.3) is 0 Å². The van der Waals surface area contributed by atoms with Gasteiger partial charge in [0.2, 0.25) is 0 Å². The van der Waals surface area contributed by atoms with E-state index in [4.69, 9.17) is 14.2 Å². The van der Waals surface area contributed by atoms with Crippen molar-refractivity contribution in [2.75, 3.05) is 57.9 Å². The maximum Gasteiger partial charge on any atom is 0.319 e. The lowest BCUT2D eigenvalue weighted by atomic mass is 10.1. The van der Waals surface area contributed by atoms with Crippen molar-refractivity contribution in [3.63, 3.8) is 0 Å². The van der Waals surface area contributed by atoms with Crippen LogP contribution >= 0.6 is 0 Å². The van der Waals surface area contributed by atoms with Gasteiger partial charge in [0.15, 0.2) is 0 Å². The van der Waals surface area contributed by atoms with E-state index in [0.29, 0.717) is 45.3 Å². The number of benzene rings is 2. The van der Waals surface area contributed by atoms with Crippen molar-refractivity contribution in [2.45, 2.75) is 19.1 Å². The summed E-state index contributed by atoms with van der Waals surface area (Å²) in [5.74, 6) is 0.817. The van der Waals surface area contributed by atoms with Gasteiger partial charge in [-0.15, -0.1) is 0 Å². The van der Waals surface area contributed by atoms with Crippen molar-refractivity contribution in [3.05, 3.63) is 60.2 Å². The number of β-amino-alcohol motifs (C(OH)–C–C–N with tert-alkyl or cyclic N) is 1. The van der Waals surface area contributed by atoms with E-state index in [1.807, 2.05) is 54.6 Å². The van der Waals surface area contributed by atoms with Gasteiger partial charge in [0.05, 0.1) is 32.0 Å². The molecule has 1 fully saturated rings. The highest BCUT2D eigenvalue weighted by Gasteiger charge is 2.25. The van der Waals surface area contributed by atoms with Crippen molar-refractivity contribution in [1.82, 2.24) is 10.2 Å². The lowest BCUT2D eigenvalue weighted by molar-refractivity contribution is -0.0205. The van der Waals surface area contributed by atoms with Crippen LogP contribution < -0.4 is 15.4 Å². The van der Waals surface area contributed by atoms with Gasteiger partial charge in [-0.25, -0.2) is 4.79 Å². The molecule has 1 atom stereocenters. The number of urea groups is 1. The Hall–Kier alpha value is -2.65. The molecule has 8 nitrogen and oxygen atoms in total. The Morgan fingerprint density at radius 2 is 1.91 bits per heavy atom. The number of nitrogens with zero attached hydrogens (tertiary/aromatic N) is 1. The second kappa shape index (κ2) is 12.4. The molecule has 3 N–H and O–H groups in total.